The van der Waals surface area contributed by atoms with Crippen molar-refractivity contribution in [3.63, 3.8) is 0 Å². The van der Waals surface area contributed by atoms with Crippen LogP contribution in [0.5, 0.6) is 0 Å². The van der Waals surface area contributed by atoms with Crippen molar-refractivity contribution in [3.8, 4) is 10.7 Å². The van der Waals surface area contributed by atoms with Gasteiger partial charge in [0.15, 0.2) is 0 Å². The zero-order valence-corrected chi connectivity index (χ0v) is 11.0. The smallest absolute Gasteiger partial charge is 0.312 e. The summed E-state index contributed by atoms with van der Waals surface area (Å²) in [5.74, 6) is -1.37. The lowest BCUT2D eigenvalue weighted by atomic mass is 9.93. The summed E-state index contributed by atoms with van der Waals surface area (Å²) in [4.78, 5) is 19.8. The summed E-state index contributed by atoms with van der Waals surface area (Å²) in [7, 11) is 0. The van der Waals surface area contributed by atoms with Crippen molar-refractivity contribution in [2.24, 2.45) is 5.92 Å². The van der Waals surface area contributed by atoms with E-state index in [4.69, 9.17) is 0 Å². The Balaban J connectivity index is 2.33. The number of hydrogen-bond donors (Lipinski definition) is 1. The minimum absolute atomic E-state index is 0.0150. The van der Waals surface area contributed by atoms with Crippen molar-refractivity contribution in [1.82, 2.24) is 9.97 Å². The second-order valence-electron chi connectivity index (χ2n) is 4.35. The van der Waals surface area contributed by atoms with Crippen LogP contribution < -0.4 is 0 Å². The van der Waals surface area contributed by atoms with Gasteiger partial charge in [-0.25, -0.2) is 4.98 Å². The van der Waals surface area contributed by atoms with Gasteiger partial charge in [0.25, 0.3) is 0 Å². The van der Waals surface area contributed by atoms with Crippen molar-refractivity contribution in [2.75, 3.05) is 0 Å². The van der Waals surface area contributed by atoms with Crippen LogP contribution >= 0.6 is 11.3 Å². The second-order valence-corrected chi connectivity index (χ2v) is 5.21. The first-order chi connectivity index (χ1) is 8.59. The van der Waals surface area contributed by atoms with E-state index in [1.165, 1.54) is 11.3 Å². The highest BCUT2D eigenvalue weighted by Gasteiger charge is 2.26. The van der Waals surface area contributed by atoms with E-state index in [1.54, 1.807) is 6.20 Å². The Morgan fingerprint density at radius 2 is 2.17 bits per heavy atom. The molecule has 0 aliphatic heterocycles. The molecule has 2 aromatic heterocycles. The average molecular weight is 262 g/mol. The first kappa shape index (κ1) is 12.7. The number of carboxylic acid groups (broad SMARTS) is 1. The summed E-state index contributed by atoms with van der Waals surface area (Å²) in [6.07, 6.45) is 1.70. The van der Waals surface area contributed by atoms with Gasteiger partial charge in [0.05, 0.1) is 11.4 Å². The highest BCUT2D eigenvalue weighted by Crippen LogP contribution is 2.29. The normalized spacial score (nSPS) is 12.6. The van der Waals surface area contributed by atoms with Crippen LogP contribution in [0.2, 0.25) is 0 Å². The fraction of sp³-hybridized carbons (Fsp3) is 0.308. The molecule has 1 N–H and O–H groups in total. The number of pyridine rings is 1. The van der Waals surface area contributed by atoms with E-state index in [-0.39, 0.29) is 5.92 Å². The molecule has 0 amide bonds. The van der Waals surface area contributed by atoms with Gasteiger partial charge < -0.3 is 5.11 Å². The van der Waals surface area contributed by atoms with Gasteiger partial charge >= 0.3 is 5.97 Å². The number of thiazole rings is 1. The first-order valence-corrected chi connectivity index (χ1v) is 6.57. The lowest BCUT2D eigenvalue weighted by molar-refractivity contribution is -0.139. The number of hydrogen-bond acceptors (Lipinski definition) is 4. The van der Waals surface area contributed by atoms with E-state index in [0.717, 1.165) is 10.7 Å². The zero-order chi connectivity index (χ0) is 13.1. The molecular weight excluding hydrogens is 248 g/mol. The standard InChI is InChI=1S/C13H14N2O2S/c1-8(2)11(13(16)17)10-7-18-12(15-10)9-5-3-4-6-14-9/h3-8,11H,1-2H3,(H,16,17). The number of nitrogens with zero attached hydrogens (tertiary/aromatic N) is 2. The van der Waals surface area contributed by atoms with Crippen LogP contribution in [0.3, 0.4) is 0 Å². The van der Waals surface area contributed by atoms with Gasteiger partial charge in [0, 0.05) is 11.6 Å². The van der Waals surface area contributed by atoms with Gasteiger partial charge in [-0.15, -0.1) is 11.3 Å². The molecule has 0 saturated heterocycles. The molecule has 1 unspecified atom stereocenters. The fourth-order valence-electron chi connectivity index (χ4n) is 1.79. The quantitative estimate of drug-likeness (QED) is 0.920. The Hall–Kier alpha value is -1.75. The largest absolute Gasteiger partial charge is 0.481 e. The molecular formula is C13H14N2O2S. The molecule has 94 valence electrons. The van der Waals surface area contributed by atoms with Gasteiger partial charge in [-0.1, -0.05) is 19.9 Å². The highest BCUT2D eigenvalue weighted by molar-refractivity contribution is 7.13. The Labute approximate surface area is 109 Å². The molecule has 4 nitrogen and oxygen atoms in total. The Morgan fingerprint density at radius 3 is 2.72 bits per heavy atom. The minimum atomic E-state index is -0.831. The number of rotatable bonds is 4. The van der Waals surface area contributed by atoms with Gasteiger partial charge in [-0.3, -0.25) is 9.78 Å². The van der Waals surface area contributed by atoms with E-state index in [9.17, 15) is 9.90 Å². The molecule has 2 rings (SSSR count). The molecule has 0 radical (unpaired) electrons. The molecule has 0 saturated carbocycles. The minimum Gasteiger partial charge on any atom is -0.481 e. The highest BCUT2D eigenvalue weighted by atomic mass is 32.1. The van der Waals surface area contributed by atoms with E-state index < -0.39 is 11.9 Å². The molecule has 0 fully saturated rings. The van der Waals surface area contributed by atoms with Gasteiger partial charge in [0.2, 0.25) is 0 Å². The van der Waals surface area contributed by atoms with Crippen LogP contribution in [-0.4, -0.2) is 21.0 Å². The predicted octanol–water partition coefficient (Wildman–Crippen LogP) is 3.03. The first-order valence-electron chi connectivity index (χ1n) is 5.69. The molecule has 5 heteroatoms. The maximum absolute atomic E-state index is 11.2. The van der Waals surface area contributed by atoms with Crippen LogP contribution in [0.25, 0.3) is 10.7 Å². The van der Waals surface area contributed by atoms with Crippen molar-refractivity contribution in [3.05, 3.63) is 35.5 Å². The Bertz CT molecular complexity index is 537. The SMILES string of the molecule is CC(C)C(C(=O)O)c1csc(-c2ccccn2)n1. The lowest BCUT2D eigenvalue weighted by Gasteiger charge is -2.13. The average Bonchev–Trinajstić information content (AvgIpc) is 2.78. The maximum atomic E-state index is 11.2. The summed E-state index contributed by atoms with van der Waals surface area (Å²) in [6.45, 7) is 3.77. The summed E-state index contributed by atoms with van der Waals surface area (Å²) >= 11 is 1.43. The number of aromatic nitrogens is 2. The molecule has 1 atom stereocenters. The Morgan fingerprint density at radius 1 is 1.39 bits per heavy atom. The van der Waals surface area contributed by atoms with Gasteiger partial charge in [0.1, 0.15) is 10.9 Å². The fourth-order valence-corrected chi connectivity index (χ4v) is 2.62. The third-order valence-corrected chi connectivity index (χ3v) is 3.54. The van der Waals surface area contributed by atoms with Gasteiger partial charge in [-0.05, 0) is 18.1 Å². The Kier molecular flexibility index (Phi) is 3.72. The zero-order valence-electron chi connectivity index (χ0n) is 10.2. The number of aliphatic carboxylic acids is 1. The van der Waals surface area contributed by atoms with Crippen LogP contribution in [-0.2, 0) is 4.79 Å². The molecule has 0 spiro atoms. The predicted molar refractivity (Wildman–Crippen MR) is 70.6 cm³/mol. The monoisotopic (exact) mass is 262 g/mol. The number of carbonyl (C=O) groups is 1. The molecule has 2 heterocycles. The summed E-state index contributed by atoms with van der Waals surface area (Å²) < 4.78 is 0. The van der Waals surface area contributed by atoms with E-state index in [1.807, 2.05) is 37.4 Å². The molecule has 0 aliphatic carbocycles. The van der Waals surface area contributed by atoms with Crippen molar-refractivity contribution in [1.29, 1.82) is 0 Å². The lowest BCUT2D eigenvalue weighted by Crippen LogP contribution is -2.17. The third kappa shape index (κ3) is 2.56. The third-order valence-electron chi connectivity index (χ3n) is 2.66. The van der Waals surface area contributed by atoms with Crippen molar-refractivity contribution < 1.29 is 9.90 Å². The molecule has 2 aromatic rings. The summed E-state index contributed by atoms with van der Waals surface area (Å²) in [5, 5.41) is 11.8. The van der Waals surface area contributed by atoms with Crippen LogP contribution in [0, 0.1) is 5.92 Å². The molecule has 0 aliphatic rings. The van der Waals surface area contributed by atoms with Crippen LogP contribution in [0.4, 0.5) is 0 Å². The molecule has 0 bridgehead atoms. The van der Waals surface area contributed by atoms with Crippen molar-refractivity contribution >= 4 is 17.3 Å². The van der Waals surface area contributed by atoms with Gasteiger partial charge in [-0.2, -0.15) is 0 Å². The van der Waals surface area contributed by atoms with Crippen molar-refractivity contribution in [2.45, 2.75) is 19.8 Å². The van der Waals surface area contributed by atoms with E-state index in [0.29, 0.717) is 5.69 Å². The molecule has 18 heavy (non-hydrogen) atoms. The number of carboxylic acids is 1. The van der Waals surface area contributed by atoms with E-state index in [2.05, 4.69) is 9.97 Å². The summed E-state index contributed by atoms with van der Waals surface area (Å²) in [5.41, 5.74) is 1.39. The van der Waals surface area contributed by atoms with E-state index >= 15 is 0 Å². The molecule has 0 aromatic carbocycles. The second kappa shape index (κ2) is 5.27. The topological polar surface area (TPSA) is 63.1 Å². The van der Waals surface area contributed by atoms with Crippen LogP contribution in [0.15, 0.2) is 29.8 Å². The maximum Gasteiger partial charge on any atom is 0.312 e. The summed E-state index contributed by atoms with van der Waals surface area (Å²) in [6, 6.07) is 5.60. The van der Waals surface area contributed by atoms with Crippen LogP contribution in [0.1, 0.15) is 25.5 Å².